The van der Waals surface area contributed by atoms with Gasteiger partial charge in [0.1, 0.15) is 5.69 Å². The summed E-state index contributed by atoms with van der Waals surface area (Å²) in [6.07, 6.45) is 4.91. The van der Waals surface area contributed by atoms with Crippen LogP contribution in [0.3, 0.4) is 0 Å². The van der Waals surface area contributed by atoms with Gasteiger partial charge in [-0.15, -0.1) is 11.3 Å². The third-order valence-electron chi connectivity index (χ3n) is 4.98. The number of rotatable bonds is 3. The zero-order valence-corrected chi connectivity index (χ0v) is 14.0. The Hall–Kier alpha value is -1.33. The number of aromatic amines is 1. The van der Waals surface area contributed by atoms with Gasteiger partial charge in [0.2, 0.25) is 0 Å². The van der Waals surface area contributed by atoms with Crippen molar-refractivity contribution >= 4 is 27.5 Å². The molecule has 0 saturated carbocycles. The Morgan fingerprint density at radius 2 is 1.86 bits per heavy atom. The van der Waals surface area contributed by atoms with Gasteiger partial charge in [0, 0.05) is 30.1 Å². The molecule has 0 bridgehead atoms. The lowest BCUT2D eigenvalue weighted by Crippen LogP contribution is -2.27. The van der Waals surface area contributed by atoms with Crippen molar-refractivity contribution in [1.29, 1.82) is 0 Å². The summed E-state index contributed by atoms with van der Waals surface area (Å²) in [5.41, 5.74) is 3.35. The Bertz CT molecular complexity index is 690. The SMILES string of the molecule is Cc1sc2cc(C(=O)N3CCCC3)[nH]c2c1CN1CCCC1. The highest BCUT2D eigenvalue weighted by Crippen LogP contribution is 2.33. The van der Waals surface area contributed by atoms with E-state index >= 15 is 0 Å². The highest BCUT2D eigenvalue weighted by Gasteiger charge is 2.23. The van der Waals surface area contributed by atoms with Gasteiger partial charge >= 0.3 is 0 Å². The maximum atomic E-state index is 12.5. The Morgan fingerprint density at radius 1 is 1.18 bits per heavy atom. The van der Waals surface area contributed by atoms with Crippen LogP contribution in [0, 0.1) is 6.92 Å². The number of hydrogen-bond donors (Lipinski definition) is 1. The average molecular weight is 317 g/mol. The zero-order chi connectivity index (χ0) is 15.1. The van der Waals surface area contributed by atoms with E-state index in [1.807, 2.05) is 16.2 Å². The van der Waals surface area contributed by atoms with Crippen LogP contribution in [0.2, 0.25) is 0 Å². The Morgan fingerprint density at radius 3 is 2.59 bits per heavy atom. The molecule has 22 heavy (non-hydrogen) atoms. The van der Waals surface area contributed by atoms with E-state index in [0.29, 0.717) is 0 Å². The first-order chi connectivity index (χ1) is 10.7. The van der Waals surface area contributed by atoms with Crippen molar-refractivity contribution in [2.75, 3.05) is 26.2 Å². The van der Waals surface area contributed by atoms with Crippen molar-refractivity contribution < 1.29 is 4.79 Å². The van der Waals surface area contributed by atoms with Crippen LogP contribution in [0.25, 0.3) is 10.2 Å². The van der Waals surface area contributed by atoms with Crippen molar-refractivity contribution in [3.63, 3.8) is 0 Å². The molecule has 2 aromatic heterocycles. The van der Waals surface area contributed by atoms with Gasteiger partial charge in [0.15, 0.2) is 0 Å². The first-order valence-electron chi connectivity index (χ1n) is 8.35. The second-order valence-electron chi connectivity index (χ2n) is 6.54. The molecule has 0 aromatic carbocycles. The van der Waals surface area contributed by atoms with Crippen molar-refractivity contribution in [2.45, 2.75) is 39.2 Å². The first-order valence-corrected chi connectivity index (χ1v) is 9.16. The van der Waals surface area contributed by atoms with Crippen LogP contribution in [-0.4, -0.2) is 46.9 Å². The Balaban J connectivity index is 1.62. The second kappa shape index (κ2) is 5.70. The van der Waals surface area contributed by atoms with Crippen LogP contribution in [0.4, 0.5) is 0 Å². The molecule has 0 unspecified atom stereocenters. The number of carbonyl (C=O) groups is 1. The molecule has 2 aliphatic rings. The number of aromatic nitrogens is 1. The lowest BCUT2D eigenvalue weighted by molar-refractivity contribution is 0.0788. The number of likely N-dealkylation sites (tertiary alicyclic amines) is 2. The van der Waals surface area contributed by atoms with Gasteiger partial charge in [-0.1, -0.05) is 0 Å². The summed E-state index contributed by atoms with van der Waals surface area (Å²) in [7, 11) is 0. The number of thiophene rings is 1. The fraction of sp³-hybridized carbons (Fsp3) is 0.588. The lowest BCUT2D eigenvalue weighted by Gasteiger charge is -2.15. The quantitative estimate of drug-likeness (QED) is 0.943. The van der Waals surface area contributed by atoms with E-state index < -0.39 is 0 Å². The van der Waals surface area contributed by atoms with E-state index in [0.717, 1.165) is 38.2 Å². The van der Waals surface area contributed by atoms with Gasteiger partial charge < -0.3 is 9.88 Å². The van der Waals surface area contributed by atoms with Gasteiger partial charge in [-0.05, 0) is 51.8 Å². The molecule has 1 amide bonds. The molecule has 2 saturated heterocycles. The van der Waals surface area contributed by atoms with E-state index in [1.54, 1.807) is 0 Å². The number of nitrogens with one attached hydrogen (secondary N) is 1. The maximum Gasteiger partial charge on any atom is 0.270 e. The van der Waals surface area contributed by atoms with Crippen molar-refractivity contribution in [3.05, 3.63) is 22.2 Å². The highest BCUT2D eigenvalue weighted by atomic mass is 32.1. The molecule has 4 rings (SSSR count). The smallest absolute Gasteiger partial charge is 0.270 e. The minimum atomic E-state index is 0.172. The molecule has 2 aromatic rings. The molecule has 118 valence electrons. The van der Waals surface area contributed by atoms with Gasteiger partial charge in [-0.3, -0.25) is 9.69 Å². The Labute approximate surface area is 135 Å². The van der Waals surface area contributed by atoms with E-state index in [1.165, 1.54) is 46.6 Å². The van der Waals surface area contributed by atoms with Crippen LogP contribution >= 0.6 is 11.3 Å². The summed E-state index contributed by atoms with van der Waals surface area (Å²) in [6, 6.07) is 2.06. The third kappa shape index (κ3) is 2.46. The van der Waals surface area contributed by atoms with Gasteiger partial charge in [0.25, 0.3) is 5.91 Å². The summed E-state index contributed by atoms with van der Waals surface area (Å²) in [4.78, 5) is 21.9. The van der Waals surface area contributed by atoms with Gasteiger partial charge in [0.05, 0.1) is 10.2 Å². The minimum absolute atomic E-state index is 0.172. The summed E-state index contributed by atoms with van der Waals surface area (Å²) in [5, 5.41) is 0. The lowest BCUT2D eigenvalue weighted by atomic mass is 10.2. The fourth-order valence-corrected chi connectivity index (χ4v) is 4.78. The molecule has 0 spiro atoms. The van der Waals surface area contributed by atoms with Crippen molar-refractivity contribution in [1.82, 2.24) is 14.8 Å². The number of fused-ring (bicyclic) bond motifs is 1. The molecule has 4 nitrogen and oxygen atoms in total. The highest BCUT2D eigenvalue weighted by molar-refractivity contribution is 7.19. The number of amides is 1. The van der Waals surface area contributed by atoms with Gasteiger partial charge in [-0.2, -0.15) is 0 Å². The number of carbonyl (C=O) groups excluding carboxylic acids is 1. The van der Waals surface area contributed by atoms with E-state index in [2.05, 4.69) is 22.9 Å². The number of nitrogens with zero attached hydrogens (tertiary/aromatic N) is 2. The average Bonchev–Trinajstić information content (AvgIpc) is 3.25. The Kier molecular flexibility index (Phi) is 3.70. The molecule has 0 radical (unpaired) electrons. The largest absolute Gasteiger partial charge is 0.350 e. The van der Waals surface area contributed by atoms with E-state index in [-0.39, 0.29) is 5.91 Å². The monoisotopic (exact) mass is 317 g/mol. The normalized spacial score (nSPS) is 19.6. The van der Waals surface area contributed by atoms with Crippen LogP contribution in [0.15, 0.2) is 6.07 Å². The third-order valence-corrected chi connectivity index (χ3v) is 6.07. The molecule has 2 aliphatic heterocycles. The summed E-state index contributed by atoms with van der Waals surface area (Å²) in [6.45, 7) is 7.44. The first kappa shape index (κ1) is 14.3. The summed E-state index contributed by atoms with van der Waals surface area (Å²) in [5.74, 6) is 0.172. The molecule has 0 aliphatic carbocycles. The number of hydrogen-bond acceptors (Lipinski definition) is 3. The number of aryl methyl sites for hydroxylation is 1. The molecular formula is C17H23N3OS. The van der Waals surface area contributed by atoms with Crippen LogP contribution in [-0.2, 0) is 6.54 Å². The van der Waals surface area contributed by atoms with Crippen molar-refractivity contribution in [3.8, 4) is 0 Å². The van der Waals surface area contributed by atoms with E-state index in [9.17, 15) is 4.79 Å². The van der Waals surface area contributed by atoms with Crippen LogP contribution < -0.4 is 0 Å². The van der Waals surface area contributed by atoms with Gasteiger partial charge in [-0.25, -0.2) is 0 Å². The molecule has 2 fully saturated rings. The minimum Gasteiger partial charge on any atom is -0.350 e. The van der Waals surface area contributed by atoms with E-state index in [4.69, 9.17) is 0 Å². The predicted octanol–water partition coefficient (Wildman–Crippen LogP) is 3.37. The summed E-state index contributed by atoms with van der Waals surface area (Å²) >= 11 is 1.81. The van der Waals surface area contributed by atoms with Crippen molar-refractivity contribution in [2.24, 2.45) is 0 Å². The maximum absolute atomic E-state index is 12.5. The zero-order valence-electron chi connectivity index (χ0n) is 13.2. The standard InChI is InChI=1S/C17H23N3OS/c1-12-13(11-19-6-2-3-7-19)16-15(22-12)10-14(18-16)17(21)20-8-4-5-9-20/h10,18H,2-9,11H2,1H3. The molecule has 5 heteroatoms. The molecule has 4 heterocycles. The van der Waals surface area contributed by atoms with Crippen LogP contribution in [0.5, 0.6) is 0 Å². The predicted molar refractivity (Wildman–Crippen MR) is 90.6 cm³/mol. The fourth-order valence-electron chi connectivity index (χ4n) is 3.70. The number of H-pyrrole nitrogens is 1. The topological polar surface area (TPSA) is 39.3 Å². The molecule has 0 atom stereocenters. The summed E-state index contributed by atoms with van der Waals surface area (Å²) < 4.78 is 1.23. The van der Waals surface area contributed by atoms with Crippen LogP contribution in [0.1, 0.15) is 46.6 Å². The molecule has 1 N–H and O–H groups in total. The molecular weight excluding hydrogens is 294 g/mol. The second-order valence-corrected chi connectivity index (χ2v) is 7.80.